The molecule has 0 bridgehead atoms. The van der Waals surface area contributed by atoms with Crippen molar-refractivity contribution in [3.8, 4) is 10.6 Å². The van der Waals surface area contributed by atoms with E-state index in [0.29, 0.717) is 24.4 Å². The zero-order chi connectivity index (χ0) is 20.9. The number of hydrogen-bond acceptors (Lipinski definition) is 6. The van der Waals surface area contributed by atoms with E-state index in [0.717, 1.165) is 39.3 Å². The first-order valence-corrected chi connectivity index (χ1v) is 11.5. The van der Waals surface area contributed by atoms with Gasteiger partial charge in [0, 0.05) is 30.2 Å². The summed E-state index contributed by atoms with van der Waals surface area (Å²) in [5.74, 6) is 1.24. The number of nitrogens with zero attached hydrogens (tertiary/aromatic N) is 3. The van der Waals surface area contributed by atoms with Crippen molar-refractivity contribution in [2.75, 3.05) is 18.4 Å². The number of para-hydroxylation sites is 2. The lowest BCUT2D eigenvalue weighted by Gasteiger charge is -2.28. The second-order valence-electron chi connectivity index (χ2n) is 8.44. The Hall–Kier alpha value is -3.19. The zero-order valence-corrected chi connectivity index (χ0v) is 17.9. The second-order valence-corrected chi connectivity index (χ2v) is 9.33. The smallest absolute Gasteiger partial charge is 0.295 e. The molecule has 2 fully saturated rings. The summed E-state index contributed by atoms with van der Waals surface area (Å²) < 4.78 is 5.81. The molecule has 1 saturated heterocycles. The summed E-state index contributed by atoms with van der Waals surface area (Å²) in [6.07, 6.45) is 2.98. The molecular formula is C24H22N4O2S. The fraction of sp³-hybridized carbons (Fsp3) is 0.292. The van der Waals surface area contributed by atoms with E-state index < -0.39 is 0 Å². The number of aryl methyl sites for hydroxylation is 1. The van der Waals surface area contributed by atoms with Crippen LogP contribution in [-0.2, 0) is 0 Å². The van der Waals surface area contributed by atoms with E-state index in [9.17, 15) is 4.79 Å². The summed E-state index contributed by atoms with van der Waals surface area (Å²) in [6.45, 7) is 3.48. The Balaban J connectivity index is 1.26. The van der Waals surface area contributed by atoms with Crippen molar-refractivity contribution in [1.29, 1.82) is 0 Å². The normalized spacial score (nSPS) is 22.0. The summed E-state index contributed by atoms with van der Waals surface area (Å²) in [4.78, 5) is 24.7. The molecule has 156 valence electrons. The summed E-state index contributed by atoms with van der Waals surface area (Å²) in [5, 5.41) is 6.17. The van der Waals surface area contributed by atoms with E-state index in [1.165, 1.54) is 6.42 Å². The average molecular weight is 431 g/mol. The standard InChI is InChI=1S/C24H22N4O2S/c1-14-6-7-16(22-25-8-9-31-22)18(10-14)23(29)28-13-15-11-17(15)20(28)12-26-24-27-19-4-2-3-5-21(19)30-24/h2-10,15,17,20H,11-13H2,1H3,(H,26,27). The third kappa shape index (κ3) is 3.29. The van der Waals surface area contributed by atoms with E-state index in [2.05, 4.69) is 15.3 Å². The van der Waals surface area contributed by atoms with E-state index >= 15 is 0 Å². The molecule has 1 aliphatic carbocycles. The molecule has 1 aliphatic heterocycles. The first kappa shape index (κ1) is 18.6. The molecule has 0 radical (unpaired) electrons. The van der Waals surface area contributed by atoms with Gasteiger partial charge in [0.2, 0.25) is 0 Å². The SMILES string of the molecule is Cc1ccc(-c2nccs2)c(C(=O)N2CC3CC3C2CNc2nc3ccccc3o2)c1. The van der Waals surface area contributed by atoms with Crippen LogP contribution in [-0.4, -0.2) is 39.9 Å². The van der Waals surface area contributed by atoms with Crippen LogP contribution in [0.1, 0.15) is 22.3 Å². The summed E-state index contributed by atoms with van der Waals surface area (Å²) in [7, 11) is 0. The highest BCUT2D eigenvalue weighted by Crippen LogP contribution is 2.50. The zero-order valence-electron chi connectivity index (χ0n) is 17.1. The van der Waals surface area contributed by atoms with Gasteiger partial charge in [-0.25, -0.2) is 4.98 Å². The van der Waals surface area contributed by atoms with Gasteiger partial charge in [-0.05, 0) is 43.4 Å². The molecule has 2 aliphatic rings. The number of aromatic nitrogens is 2. The van der Waals surface area contributed by atoms with Gasteiger partial charge < -0.3 is 14.6 Å². The van der Waals surface area contributed by atoms with E-state index in [4.69, 9.17) is 4.42 Å². The van der Waals surface area contributed by atoms with Crippen molar-refractivity contribution in [3.05, 3.63) is 65.2 Å². The van der Waals surface area contributed by atoms with Crippen molar-refractivity contribution in [2.24, 2.45) is 11.8 Å². The number of rotatable bonds is 5. The van der Waals surface area contributed by atoms with E-state index in [1.807, 2.05) is 59.7 Å². The van der Waals surface area contributed by atoms with Crippen LogP contribution in [0.25, 0.3) is 21.7 Å². The largest absolute Gasteiger partial charge is 0.424 e. The molecular weight excluding hydrogens is 408 g/mol. The van der Waals surface area contributed by atoms with Crippen molar-refractivity contribution in [1.82, 2.24) is 14.9 Å². The van der Waals surface area contributed by atoms with Gasteiger partial charge in [0.1, 0.15) is 10.5 Å². The van der Waals surface area contributed by atoms with Crippen molar-refractivity contribution in [3.63, 3.8) is 0 Å². The predicted octanol–water partition coefficient (Wildman–Crippen LogP) is 4.83. The van der Waals surface area contributed by atoms with Crippen molar-refractivity contribution in [2.45, 2.75) is 19.4 Å². The van der Waals surface area contributed by atoms with E-state index in [-0.39, 0.29) is 11.9 Å². The summed E-state index contributed by atoms with van der Waals surface area (Å²) >= 11 is 1.56. The van der Waals surface area contributed by atoms with Crippen LogP contribution in [0.2, 0.25) is 0 Å². The Morgan fingerprint density at radius 3 is 3.03 bits per heavy atom. The Kier molecular flexibility index (Phi) is 4.31. The highest BCUT2D eigenvalue weighted by atomic mass is 32.1. The molecule has 1 N–H and O–H groups in total. The lowest BCUT2D eigenvalue weighted by atomic mass is 10.0. The number of oxazole rings is 1. The number of likely N-dealkylation sites (tertiary alicyclic amines) is 1. The van der Waals surface area contributed by atoms with Crippen LogP contribution < -0.4 is 5.32 Å². The van der Waals surface area contributed by atoms with Gasteiger partial charge in [-0.3, -0.25) is 4.79 Å². The number of benzene rings is 2. The minimum atomic E-state index is 0.0884. The number of anilines is 1. The number of piperidine rings is 1. The minimum absolute atomic E-state index is 0.0884. The van der Waals surface area contributed by atoms with Crippen LogP contribution in [0.4, 0.5) is 6.01 Å². The van der Waals surface area contributed by atoms with Crippen molar-refractivity contribution >= 4 is 34.4 Å². The number of carbonyl (C=O) groups excluding carboxylic acids is 1. The molecule has 31 heavy (non-hydrogen) atoms. The maximum absolute atomic E-state index is 13.7. The Morgan fingerprint density at radius 1 is 1.29 bits per heavy atom. The number of amides is 1. The maximum Gasteiger partial charge on any atom is 0.295 e. The van der Waals surface area contributed by atoms with Gasteiger partial charge in [-0.2, -0.15) is 4.98 Å². The van der Waals surface area contributed by atoms with Crippen LogP contribution in [0.15, 0.2) is 58.5 Å². The van der Waals surface area contributed by atoms with Crippen molar-refractivity contribution < 1.29 is 9.21 Å². The fourth-order valence-corrected chi connectivity index (χ4v) is 5.42. The molecule has 2 aromatic heterocycles. The van der Waals surface area contributed by atoms with Crippen LogP contribution in [0, 0.1) is 18.8 Å². The second kappa shape index (κ2) is 7.20. The molecule has 7 heteroatoms. The number of hydrogen-bond donors (Lipinski definition) is 1. The molecule has 3 heterocycles. The number of fused-ring (bicyclic) bond motifs is 2. The topological polar surface area (TPSA) is 71.3 Å². The first-order valence-electron chi connectivity index (χ1n) is 10.6. The third-order valence-electron chi connectivity index (χ3n) is 6.39. The average Bonchev–Trinajstić information content (AvgIpc) is 3.17. The van der Waals surface area contributed by atoms with Gasteiger partial charge in [-0.1, -0.05) is 29.8 Å². The highest BCUT2D eigenvalue weighted by Gasteiger charge is 2.54. The highest BCUT2D eigenvalue weighted by molar-refractivity contribution is 7.13. The Bertz CT molecular complexity index is 1230. The van der Waals surface area contributed by atoms with E-state index in [1.54, 1.807) is 17.5 Å². The van der Waals surface area contributed by atoms with Gasteiger partial charge >= 0.3 is 0 Å². The molecule has 1 amide bonds. The molecule has 3 atom stereocenters. The Labute approximate surface area is 183 Å². The molecule has 1 saturated carbocycles. The minimum Gasteiger partial charge on any atom is -0.424 e. The number of thiazole rings is 1. The quantitative estimate of drug-likeness (QED) is 0.491. The molecule has 6 nitrogen and oxygen atoms in total. The fourth-order valence-electron chi connectivity index (χ4n) is 4.74. The summed E-state index contributed by atoms with van der Waals surface area (Å²) in [5.41, 5.74) is 4.33. The number of carbonyl (C=O) groups is 1. The molecule has 4 aromatic rings. The van der Waals surface area contributed by atoms with Crippen LogP contribution >= 0.6 is 11.3 Å². The first-order chi connectivity index (χ1) is 15.2. The van der Waals surface area contributed by atoms with Gasteiger partial charge in [-0.15, -0.1) is 11.3 Å². The summed E-state index contributed by atoms with van der Waals surface area (Å²) in [6, 6.07) is 14.4. The molecule has 6 rings (SSSR count). The van der Waals surface area contributed by atoms with Gasteiger partial charge in [0.25, 0.3) is 11.9 Å². The molecule has 0 spiro atoms. The van der Waals surface area contributed by atoms with Crippen LogP contribution in [0.3, 0.4) is 0 Å². The monoisotopic (exact) mass is 430 g/mol. The predicted molar refractivity (Wildman–Crippen MR) is 121 cm³/mol. The lowest BCUT2D eigenvalue weighted by molar-refractivity contribution is 0.0715. The molecule has 3 unspecified atom stereocenters. The lowest BCUT2D eigenvalue weighted by Crippen LogP contribution is -2.42. The Morgan fingerprint density at radius 2 is 2.19 bits per heavy atom. The van der Waals surface area contributed by atoms with Gasteiger partial charge in [0.05, 0.1) is 11.6 Å². The number of nitrogens with one attached hydrogen (secondary N) is 1. The van der Waals surface area contributed by atoms with Gasteiger partial charge in [0.15, 0.2) is 5.58 Å². The van der Waals surface area contributed by atoms with Crippen LogP contribution in [0.5, 0.6) is 0 Å². The third-order valence-corrected chi connectivity index (χ3v) is 7.19. The molecule has 2 aromatic carbocycles. The maximum atomic E-state index is 13.7.